The summed E-state index contributed by atoms with van der Waals surface area (Å²) in [5.74, 6) is -0.0827. The number of ketones is 1. The second kappa shape index (κ2) is 5.60. The van der Waals surface area contributed by atoms with Crippen LogP contribution in [0.2, 0.25) is 0 Å². The van der Waals surface area contributed by atoms with Crippen LogP contribution in [0.3, 0.4) is 0 Å². The van der Waals surface area contributed by atoms with E-state index in [4.69, 9.17) is 0 Å². The Labute approximate surface area is 141 Å². The molecule has 1 aromatic heterocycles. The Kier molecular flexibility index (Phi) is 3.84. The molecule has 0 aliphatic heterocycles. The molecule has 0 aliphatic carbocycles. The first-order valence-corrected chi connectivity index (χ1v) is 9.12. The Morgan fingerprint density at radius 3 is 2.12 bits per heavy atom. The van der Waals surface area contributed by atoms with Crippen LogP contribution in [0.1, 0.15) is 31.1 Å². The maximum atomic E-state index is 13.0. The highest BCUT2D eigenvalue weighted by Gasteiger charge is 2.29. The molecule has 0 unspecified atom stereocenters. The van der Waals surface area contributed by atoms with Crippen LogP contribution < -0.4 is 0 Å². The zero-order chi connectivity index (χ0) is 17.5. The molecule has 0 saturated heterocycles. The number of benzene rings is 2. The molecule has 3 aromatic rings. The second-order valence-electron chi connectivity index (χ2n) is 6.75. The van der Waals surface area contributed by atoms with Gasteiger partial charge in [-0.25, -0.2) is 12.4 Å². The number of carbonyl (C=O) groups is 1. The Balaban J connectivity index is 2.30. The lowest BCUT2D eigenvalue weighted by Crippen LogP contribution is -2.20. The molecule has 0 atom stereocenters. The number of nitrogens with zero attached hydrogens (tertiary/aromatic N) is 1. The van der Waals surface area contributed by atoms with Gasteiger partial charge < -0.3 is 0 Å². The summed E-state index contributed by atoms with van der Waals surface area (Å²) in [7, 11) is -3.76. The molecule has 0 saturated carbocycles. The quantitative estimate of drug-likeness (QED) is 0.674. The molecule has 2 aromatic carbocycles. The van der Waals surface area contributed by atoms with Gasteiger partial charge in [0, 0.05) is 22.6 Å². The summed E-state index contributed by atoms with van der Waals surface area (Å²) in [5, 5.41) is 0.650. The predicted octanol–water partition coefficient (Wildman–Crippen LogP) is 4.11. The van der Waals surface area contributed by atoms with Gasteiger partial charge in [0.15, 0.2) is 5.78 Å². The number of carbonyl (C=O) groups excluding carboxylic acids is 1. The number of Topliss-reactive ketones (excluding diaryl/α,β-unsaturated/α-hetero) is 1. The summed E-state index contributed by atoms with van der Waals surface area (Å²) in [6, 6.07) is 15.3. The molecule has 24 heavy (non-hydrogen) atoms. The van der Waals surface area contributed by atoms with Crippen molar-refractivity contribution < 1.29 is 13.2 Å². The van der Waals surface area contributed by atoms with E-state index in [1.165, 1.54) is 10.2 Å². The van der Waals surface area contributed by atoms with Crippen LogP contribution in [-0.2, 0) is 10.0 Å². The van der Waals surface area contributed by atoms with Crippen LogP contribution in [0.5, 0.6) is 0 Å². The highest BCUT2D eigenvalue weighted by atomic mass is 32.2. The van der Waals surface area contributed by atoms with Gasteiger partial charge in [0.25, 0.3) is 10.0 Å². The van der Waals surface area contributed by atoms with Crippen LogP contribution in [0.4, 0.5) is 0 Å². The fourth-order valence-corrected chi connectivity index (χ4v) is 4.03. The maximum Gasteiger partial charge on any atom is 0.268 e. The molecular weight excluding hydrogens is 322 g/mol. The number of hydrogen-bond acceptors (Lipinski definition) is 3. The molecule has 124 valence electrons. The third kappa shape index (κ3) is 2.65. The van der Waals surface area contributed by atoms with E-state index in [2.05, 4.69) is 0 Å². The maximum absolute atomic E-state index is 13.0. The van der Waals surface area contributed by atoms with Gasteiger partial charge >= 0.3 is 0 Å². The Hall–Kier alpha value is -2.40. The molecule has 3 rings (SSSR count). The number of aromatic nitrogens is 1. The largest absolute Gasteiger partial charge is 0.294 e. The Morgan fingerprint density at radius 1 is 0.917 bits per heavy atom. The zero-order valence-electron chi connectivity index (χ0n) is 13.9. The first-order valence-electron chi connectivity index (χ1n) is 7.68. The SMILES string of the molecule is CC(C)(C)C(=O)c1cn(S(=O)(=O)c2ccccc2)c2ccccc12. The van der Waals surface area contributed by atoms with Crippen LogP contribution >= 0.6 is 0 Å². The number of para-hydroxylation sites is 1. The highest BCUT2D eigenvalue weighted by molar-refractivity contribution is 7.90. The molecule has 5 heteroatoms. The van der Waals surface area contributed by atoms with Crippen LogP contribution in [0, 0.1) is 5.41 Å². The first kappa shape index (κ1) is 16.5. The van der Waals surface area contributed by atoms with Crippen molar-refractivity contribution in [2.24, 2.45) is 5.41 Å². The topological polar surface area (TPSA) is 56.1 Å². The summed E-state index contributed by atoms with van der Waals surface area (Å²) in [5.41, 5.74) is 0.345. The molecule has 0 radical (unpaired) electrons. The van der Waals surface area contributed by atoms with Crippen molar-refractivity contribution in [1.29, 1.82) is 0 Å². The van der Waals surface area contributed by atoms with Gasteiger partial charge in [-0.2, -0.15) is 0 Å². The minimum atomic E-state index is -3.76. The van der Waals surface area contributed by atoms with Crippen molar-refractivity contribution in [1.82, 2.24) is 3.97 Å². The van der Waals surface area contributed by atoms with Gasteiger partial charge in [-0.3, -0.25) is 4.79 Å². The lowest BCUT2D eigenvalue weighted by Gasteiger charge is -2.15. The van der Waals surface area contributed by atoms with Crippen LogP contribution in [-0.4, -0.2) is 18.2 Å². The van der Waals surface area contributed by atoms with Gasteiger partial charge in [0.1, 0.15) is 0 Å². The van der Waals surface area contributed by atoms with E-state index in [1.807, 2.05) is 20.8 Å². The molecule has 0 bridgehead atoms. The van der Waals surface area contributed by atoms with Crippen molar-refractivity contribution in [2.75, 3.05) is 0 Å². The van der Waals surface area contributed by atoms with Gasteiger partial charge in [-0.15, -0.1) is 0 Å². The highest BCUT2D eigenvalue weighted by Crippen LogP contribution is 2.30. The average Bonchev–Trinajstić information content (AvgIpc) is 2.94. The number of fused-ring (bicyclic) bond motifs is 1. The normalized spacial score (nSPS) is 12.5. The fraction of sp³-hybridized carbons (Fsp3) is 0.211. The summed E-state index contributed by atoms with van der Waals surface area (Å²) < 4.78 is 27.2. The first-order chi connectivity index (χ1) is 11.2. The molecule has 0 spiro atoms. The van der Waals surface area contributed by atoms with Crippen LogP contribution in [0.15, 0.2) is 65.7 Å². The average molecular weight is 341 g/mol. The Morgan fingerprint density at radius 2 is 1.50 bits per heavy atom. The van der Waals surface area contributed by atoms with Gasteiger partial charge in [0.2, 0.25) is 0 Å². The van der Waals surface area contributed by atoms with Gasteiger partial charge in [-0.1, -0.05) is 57.2 Å². The summed E-state index contributed by atoms with van der Waals surface area (Å²) in [4.78, 5) is 12.9. The van der Waals surface area contributed by atoms with E-state index in [9.17, 15) is 13.2 Å². The van der Waals surface area contributed by atoms with Crippen molar-refractivity contribution in [2.45, 2.75) is 25.7 Å². The zero-order valence-corrected chi connectivity index (χ0v) is 14.7. The summed E-state index contributed by atoms with van der Waals surface area (Å²) in [6.45, 7) is 5.48. The molecule has 1 heterocycles. The molecule has 0 aliphatic rings. The second-order valence-corrected chi connectivity index (χ2v) is 8.57. The Bertz CT molecular complexity index is 1010. The number of rotatable bonds is 3. The van der Waals surface area contributed by atoms with Crippen molar-refractivity contribution in [3.05, 3.63) is 66.4 Å². The third-order valence-electron chi connectivity index (χ3n) is 3.90. The van der Waals surface area contributed by atoms with Crippen LogP contribution in [0.25, 0.3) is 10.9 Å². The third-order valence-corrected chi connectivity index (χ3v) is 5.59. The van der Waals surface area contributed by atoms with E-state index in [0.29, 0.717) is 16.5 Å². The van der Waals surface area contributed by atoms with E-state index >= 15 is 0 Å². The molecule has 4 nitrogen and oxygen atoms in total. The smallest absolute Gasteiger partial charge is 0.268 e. The molecular formula is C19H19NO3S. The van der Waals surface area contributed by atoms with E-state index in [-0.39, 0.29) is 10.7 Å². The summed E-state index contributed by atoms with van der Waals surface area (Å²) in [6.07, 6.45) is 1.45. The van der Waals surface area contributed by atoms with Gasteiger partial charge in [-0.05, 0) is 18.2 Å². The monoisotopic (exact) mass is 341 g/mol. The van der Waals surface area contributed by atoms with Crippen molar-refractivity contribution in [3.63, 3.8) is 0 Å². The summed E-state index contributed by atoms with van der Waals surface area (Å²) >= 11 is 0. The van der Waals surface area contributed by atoms with Crippen molar-refractivity contribution in [3.8, 4) is 0 Å². The van der Waals surface area contributed by atoms with E-state index < -0.39 is 15.4 Å². The predicted molar refractivity (Wildman–Crippen MR) is 94.7 cm³/mol. The minimum absolute atomic E-state index is 0.0827. The van der Waals surface area contributed by atoms with Gasteiger partial charge in [0.05, 0.1) is 10.4 Å². The standard InChI is InChI=1S/C19H19NO3S/c1-19(2,3)18(21)16-13-20(17-12-8-7-11-15(16)17)24(22,23)14-9-5-4-6-10-14/h4-13H,1-3H3. The van der Waals surface area contributed by atoms with Crippen molar-refractivity contribution >= 4 is 26.7 Å². The fourth-order valence-electron chi connectivity index (χ4n) is 2.64. The van der Waals surface area contributed by atoms with E-state index in [1.54, 1.807) is 54.6 Å². The molecule has 0 amide bonds. The molecule has 0 fully saturated rings. The lowest BCUT2D eigenvalue weighted by atomic mass is 9.86. The molecule has 0 N–H and O–H groups in total. The minimum Gasteiger partial charge on any atom is -0.294 e. The number of hydrogen-bond donors (Lipinski definition) is 0. The lowest BCUT2D eigenvalue weighted by molar-refractivity contribution is 0.0860. The van der Waals surface area contributed by atoms with E-state index in [0.717, 1.165) is 0 Å².